The van der Waals surface area contributed by atoms with Crippen molar-refractivity contribution in [1.29, 1.82) is 0 Å². The number of carbonyl (C=O) groups is 2. The van der Waals surface area contributed by atoms with Gasteiger partial charge in [-0.1, -0.05) is 12.1 Å². The van der Waals surface area contributed by atoms with Gasteiger partial charge in [0.25, 0.3) is 5.91 Å². The van der Waals surface area contributed by atoms with E-state index in [1.54, 1.807) is 0 Å². The van der Waals surface area contributed by atoms with Crippen molar-refractivity contribution in [2.45, 2.75) is 19.4 Å². The molecule has 3 rings (SSSR count). The Balaban J connectivity index is 1.57. The summed E-state index contributed by atoms with van der Waals surface area (Å²) in [5.74, 6) is -0.582. The first-order valence-electron chi connectivity index (χ1n) is 8.63. The summed E-state index contributed by atoms with van der Waals surface area (Å²) in [6.45, 7) is 1.95. The van der Waals surface area contributed by atoms with Crippen LogP contribution in [0.3, 0.4) is 0 Å². The summed E-state index contributed by atoms with van der Waals surface area (Å²) in [6.07, 6.45) is 3.19. The number of piperidine rings is 1. The third-order valence-electron chi connectivity index (χ3n) is 4.62. The molecule has 136 valence electrons. The second kappa shape index (κ2) is 7.86. The highest BCUT2D eigenvalue weighted by atomic mass is 16.2. The molecule has 2 aromatic rings. The zero-order chi connectivity index (χ0) is 18.5. The number of H-pyrrole nitrogens is 1. The van der Waals surface area contributed by atoms with E-state index >= 15 is 0 Å². The molecule has 0 radical (unpaired) electrons. The summed E-state index contributed by atoms with van der Waals surface area (Å²) in [5.41, 5.74) is 7.61. The summed E-state index contributed by atoms with van der Waals surface area (Å²) < 4.78 is 0. The number of amides is 2. The molecule has 7 nitrogen and oxygen atoms in total. The number of anilines is 1. The number of primary amides is 1. The van der Waals surface area contributed by atoms with Gasteiger partial charge in [-0.15, -0.1) is 0 Å². The second-order valence-electron chi connectivity index (χ2n) is 6.48. The Morgan fingerprint density at radius 2 is 1.96 bits per heavy atom. The van der Waals surface area contributed by atoms with Gasteiger partial charge in [0.1, 0.15) is 0 Å². The smallest absolute Gasteiger partial charge is 0.253 e. The van der Waals surface area contributed by atoms with Crippen LogP contribution in [0.1, 0.15) is 28.8 Å². The van der Waals surface area contributed by atoms with E-state index < -0.39 is 0 Å². The van der Waals surface area contributed by atoms with E-state index in [0.29, 0.717) is 18.7 Å². The SMILES string of the molecule is NC(=O)[C@H]1CCCN(c2ccc(CNC(=O)c3ccc(=O)[nH]c3)cc2)C1. The first-order valence-corrected chi connectivity index (χ1v) is 8.63. The number of nitrogens with one attached hydrogen (secondary N) is 2. The average molecular weight is 354 g/mol. The third kappa shape index (κ3) is 4.30. The maximum atomic E-state index is 12.1. The van der Waals surface area contributed by atoms with Crippen molar-refractivity contribution in [3.8, 4) is 0 Å². The Morgan fingerprint density at radius 3 is 2.62 bits per heavy atom. The fourth-order valence-corrected chi connectivity index (χ4v) is 3.10. The Kier molecular flexibility index (Phi) is 5.36. The number of nitrogens with zero attached hydrogens (tertiary/aromatic N) is 1. The predicted octanol–water partition coefficient (Wildman–Crippen LogP) is 1.01. The molecule has 2 heterocycles. The number of rotatable bonds is 5. The van der Waals surface area contributed by atoms with E-state index in [-0.39, 0.29) is 23.3 Å². The lowest BCUT2D eigenvalue weighted by Gasteiger charge is -2.33. The van der Waals surface area contributed by atoms with E-state index in [2.05, 4.69) is 15.2 Å². The number of hydrogen-bond donors (Lipinski definition) is 3. The topological polar surface area (TPSA) is 108 Å². The van der Waals surface area contributed by atoms with Crippen molar-refractivity contribution in [2.75, 3.05) is 18.0 Å². The number of benzene rings is 1. The lowest BCUT2D eigenvalue weighted by molar-refractivity contribution is -0.122. The minimum absolute atomic E-state index is 0.0972. The normalized spacial score (nSPS) is 16.9. The van der Waals surface area contributed by atoms with Crippen LogP contribution in [-0.2, 0) is 11.3 Å². The van der Waals surface area contributed by atoms with Crippen molar-refractivity contribution in [1.82, 2.24) is 10.3 Å². The molecule has 1 atom stereocenters. The lowest BCUT2D eigenvalue weighted by Crippen LogP contribution is -2.41. The van der Waals surface area contributed by atoms with Crippen LogP contribution < -0.4 is 21.5 Å². The van der Waals surface area contributed by atoms with Crippen LogP contribution in [0.2, 0.25) is 0 Å². The molecule has 1 aromatic heterocycles. The monoisotopic (exact) mass is 354 g/mol. The zero-order valence-electron chi connectivity index (χ0n) is 14.4. The Bertz CT molecular complexity index is 824. The molecule has 0 saturated carbocycles. The van der Waals surface area contributed by atoms with Crippen molar-refractivity contribution < 1.29 is 9.59 Å². The number of pyridine rings is 1. The van der Waals surface area contributed by atoms with Gasteiger partial charge in [-0.25, -0.2) is 0 Å². The summed E-state index contributed by atoms with van der Waals surface area (Å²) in [5, 5.41) is 2.82. The first kappa shape index (κ1) is 17.7. The fraction of sp³-hybridized carbons (Fsp3) is 0.316. The standard InChI is InChI=1S/C19H22N4O3/c20-18(25)15-2-1-9-23(12-15)16-6-3-13(4-7-16)10-22-19(26)14-5-8-17(24)21-11-14/h3-8,11,15H,1-2,9-10,12H2,(H2,20,25)(H,21,24)(H,22,26)/t15-/m0/s1. The molecule has 1 saturated heterocycles. The van der Waals surface area contributed by atoms with Gasteiger partial charge in [0.2, 0.25) is 11.5 Å². The molecule has 1 fully saturated rings. The summed E-state index contributed by atoms with van der Waals surface area (Å²) >= 11 is 0. The van der Waals surface area contributed by atoms with Crippen LogP contribution in [0.25, 0.3) is 0 Å². The number of nitrogens with two attached hydrogens (primary N) is 1. The van der Waals surface area contributed by atoms with Gasteiger partial charge in [-0.3, -0.25) is 14.4 Å². The van der Waals surface area contributed by atoms with Crippen LogP contribution in [0, 0.1) is 5.92 Å². The van der Waals surface area contributed by atoms with Crippen molar-refractivity contribution >= 4 is 17.5 Å². The number of carbonyl (C=O) groups excluding carboxylic acids is 2. The summed E-state index contributed by atoms with van der Waals surface area (Å²) in [4.78, 5) is 39.1. The lowest BCUT2D eigenvalue weighted by atomic mass is 9.97. The highest BCUT2D eigenvalue weighted by Gasteiger charge is 2.24. The van der Waals surface area contributed by atoms with Gasteiger partial charge in [0.15, 0.2) is 0 Å². The zero-order valence-corrected chi connectivity index (χ0v) is 14.4. The Morgan fingerprint density at radius 1 is 1.19 bits per heavy atom. The van der Waals surface area contributed by atoms with Crippen LogP contribution in [-0.4, -0.2) is 29.9 Å². The molecule has 0 bridgehead atoms. The molecular weight excluding hydrogens is 332 g/mol. The minimum atomic E-state index is -0.245. The fourth-order valence-electron chi connectivity index (χ4n) is 3.10. The van der Waals surface area contributed by atoms with Crippen molar-refractivity contribution in [3.05, 3.63) is 64.1 Å². The highest BCUT2D eigenvalue weighted by Crippen LogP contribution is 2.23. The molecule has 26 heavy (non-hydrogen) atoms. The largest absolute Gasteiger partial charge is 0.371 e. The van der Waals surface area contributed by atoms with Gasteiger partial charge < -0.3 is 20.9 Å². The van der Waals surface area contributed by atoms with Gasteiger partial charge in [-0.2, -0.15) is 0 Å². The Labute approximate surface area is 151 Å². The molecule has 7 heteroatoms. The third-order valence-corrected chi connectivity index (χ3v) is 4.62. The summed E-state index contributed by atoms with van der Waals surface area (Å²) in [6, 6.07) is 10.7. The van der Waals surface area contributed by atoms with Crippen LogP contribution >= 0.6 is 0 Å². The van der Waals surface area contributed by atoms with Gasteiger partial charge >= 0.3 is 0 Å². The average Bonchev–Trinajstić information content (AvgIpc) is 2.67. The number of hydrogen-bond acceptors (Lipinski definition) is 4. The van der Waals surface area contributed by atoms with Crippen molar-refractivity contribution in [3.63, 3.8) is 0 Å². The maximum absolute atomic E-state index is 12.1. The molecule has 0 unspecified atom stereocenters. The molecule has 1 aromatic carbocycles. The van der Waals surface area contributed by atoms with E-state index in [1.165, 1.54) is 18.3 Å². The van der Waals surface area contributed by atoms with Crippen LogP contribution in [0.15, 0.2) is 47.4 Å². The number of aromatic nitrogens is 1. The van der Waals surface area contributed by atoms with E-state index in [4.69, 9.17) is 5.73 Å². The predicted molar refractivity (Wildman–Crippen MR) is 98.8 cm³/mol. The first-order chi connectivity index (χ1) is 12.5. The summed E-state index contributed by atoms with van der Waals surface area (Å²) in [7, 11) is 0. The molecule has 1 aliphatic rings. The van der Waals surface area contributed by atoms with Crippen LogP contribution in [0.4, 0.5) is 5.69 Å². The van der Waals surface area contributed by atoms with Crippen LogP contribution in [0.5, 0.6) is 0 Å². The molecule has 4 N–H and O–H groups in total. The Hall–Kier alpha value is -3.09. The minimum Gasteiger partial charge on any atom is -0.371 e. The second-order valence-corrected chi connectivity index (χ2v) is 6.48. The van der Waals surface area contributed by atoms with Gasteiger partial charge in [0.05, 0.1) is 11.5 Å². The molecule has 0 aliphatic carbocycles. The molecule has 1 aliphatic heterocycles. The van der Waals surface area contributed by atoms with Gasteiger partial charge in [-0.05, 0) is 36.6 Å². The quantitative estimate of drug-likeness (QED) is 0.744. The highest BCUT2D eigenvalue weighted by molar-refractivity contribution is 5.93. The number of aromatic amines is 1. The van der Waals surface area contributed by atoms with E-state index in [1.807, 2.05) is 24.3 Å². The van der Waals surface area contributed by atoms with E-state index in [0.717, 1.165) is 30.6 Å². The van der Waals surface area contributed by atoms with Gasteiger partial charge in [0, 0.05) is 37.6 Å². The molecular formula is C19H22N4O3. The maximum Gasteiger partial charge on any atom is 0.253 e. The van der Waals surface area contributed by atoms with Crippen molar-refractivity contribution in [2.24, 2.45) is 11.7 Å². The van der Waals surface area contributed by atoms with E-state index in [9.17, 15) is 14.4 Å². The molecule has 2 amide bonds. The molecule has 0 spiro atoms.